The highest BCUT2D eigenvalue weighted by molar-refractivity contribution is 6.29. The molecule has 1 fully saturated rings. The first-order chi connectivity index (χ1) is 8.29. The number of aliphatic hydroxyl groups is 1. The molecule has 5 nitrogen and oxygen atoms in total. The molecule has 0 bridgehead atoms. The fourth-order valence-electron chi connectivity index (χ4n) is 1.76. The summed E-state index contributed by atoms with van der Waals surface area (Å²) in [6, 6.07) is 1.77. The van der Waals surface area contributed by atoms with E-state index in [4.69, 9.17) is 21.4 Å². The molecule has 0 aromatic carbocycles. The second kappa shape index (κ2) is 6.14. The quantitative estimate of drug-likeness (QED) is 0.812. The van der Waals surface area contributed by atoms with Crippen LogP contribution in [0.25, 0.3) is 0 Å². The smallest absolute Gasteiger partial charge is 0.134 e. The van der Waals surface area contributed by atoms with Crippen LogP contribution in [0.3, 0.4) is 0 Å². The van der Waals surface area contributed by atoms with Gasteiger partial charge in [0.05, 0.1) is 13.2 Å². The van der Waals surface area contributed by atoms with Gasteiger partial charge in [-0.2, -0.15) is 0 Å². The number of aryl methyl sites for hydroxylation is 1. The van der Waals surface area contributed by atoms with Crippen molar-refractivity contribution in [3.63, 3.8) is 0 Å². The molecule has 0 radical (unpaired) electrons. The number of aromatic nitrogens is 2. The van der Waals surface area contributed by atoms with E-state index in [1.165, 1.54) is 0 Å². The molecule has 0 atom stereocenters. The molecule has 0 unspecified atom stereocenters. The molecular weight excluding hydrogens is 242 g/mol. The molecule has 1 saturated heterocycles. The van der Waals surface area contributed by atoms with Crippen molar-refractivity contribution in [1.29, 1.82) is 0 Å². The molecule has 2 heterocycles. The molecule has 0 spiro atoms. The van der Waals surface area contributed by atoms with Crippen molar-refractivity contribution in [3.05, 3.63) is 17.0 Å². The Bertz CT molecular complexity index is 370. The van der Waals surface area contributed by atoms with Crippen LogP contribution >= 0.6 is 11.6 Å². The van der Waals surface area contributed by atoms with Crippen LogP contribution in [0.4, 0.5) is 5.82 Å². The summed E-state index contributed by atoms with van der Waals surface area (Å²) >= 11 is 5.98. The molecule has 1 aromatic heterocycles. The number of hydrogen-bond donors (Lipinski definition) is 1. The van der Waals surface area contributed by atoms with Gasteiger partial charge in [0.25, 0.3) is 0 Å². The second-order valence-corrected chi connectivity index (χ2v) is 4.28. The zero-order valence-corrected chi connectivity index (χ0v) is 10.4. The first-order valence-corrected chi connectivity index (χ1v) is 6.14. The monoisotopic (exact) mass is 257 g/mol. The third-order valence-corrected chi connectivity index (χ3v) is 2.81. The van der Waals surface area contributed by atoms with Crippen LogP contribution in [-0.2, 0) is 11.2 Å². The lowest BCUT2D eigenvalue weighted by Crippen LogP contribution is -2.37. The minimum atomic E-state index is 0.142. The van der Waals surface area contributed by atoms with Gasteiger partial charge in [0, 0.05) is 32.2 Å². The Hall–Kier alpha value is -0.910. The average molecular weight is 258 g/mol. The number of aliphatic hydroxyl groups excluding tert-OH is 1. The van der Waals surface area contributed by atoms with Gasteiger partial charge >= 0.3 is 0 Å². The Morgan fingerprint density at radius 2 is 2.12 bits per heavy atom. The van der Waals surface area contributed by atoms with Crippen LogP contribution < -0.4 is 4.90 Å². The first-order valence-electron chi connectivity index (χ1n) is 5.76. The van der Waals surface area contributed by atoms with E-state index in [0.29, 0.717) is 37.0 Å². The van der Waals surface area contributed by atoms with E-state index in [1.54, 1.807) is 6.07 Å². The van der Waals surface area contributed by atoms with Crippen molar-refractivity contribution in [2.75, 3.05) is 37.8 Å². The molecule has 0 amide bonds. The SMILES string of the molecule is OCCCc1nc(Cl)cc(N2CCOCC2)n1. The average Bonchev–Trinajstić information content (AvgIpc) is 2.37. The molecule has 0 saturated carbocycles. The maximum absolute atomic E-state index is 8.80. The van der Waals surface area contributed by atoms with Gasteiger partial charge in [-0.3, -0.25) is 0 Å². The van der Waals surface area contributed by atoms with Gasteiger partial charge in [0.1, 0.15) is 16.8 Å². The minimum Gasteiger partial charge on any atom is -0.396 e. The number of halogens is 1. The third kappa shape index (κ3) is 3.52. The van der Waals surface area contributed by atoms with Crippen LogP contribution in [0.1, 0.15) is 12.2 Å². The number of morpholine rings is 1. The van der Waals surface area contributed by atoms with Gasteiger partial charge in [0.15, 0.2) is 0 Å². The molecule has 1 aromatic rings. The molecule has 6 heteroatoms. The fourth-order valence-corrected chi connectivity index (χ4v) is 1.95. The largest absolute Gasteiger partial charge is 0.396 e. The maximum atomic E-state index is 8.80. The summed E-state index contributed by atoms with van der Waals surface area (Å²) in [5.41, 5.74) is 0. The Kier molecular flexibility index (Phi) is 4.53. The molecule has 1 aliphatic rings. The normalized spacial score (nSPS) is 16.2. The lowest BCUT2D eigenvalue weighted by atomic mass is 10.3. The minimum absolute atomic E-state index is 0.142. The van der Waals surface area contributed by atoms with Crippen molar-refractivity contribution in [3.8, 4) is 0 Å². The van der Waals surface area contributed by atoms with Gasteiger partial charge in [-0.25, -0.2) is 9.97 Å². The van der Waals surface area contributed by atoms with Crippen LogP contribution in [0, 0.1) is 0 Å². The predicted molar refractivity (Wildman–Crippen MR) is 65.5 cm³/mol. The van der Waals surface area contributed by atoms with Crippen LogP contribution in [0.2, 0.25) is 5.15 Å². The van der Waals surface area contributed by atoms with E-state index in [-0.39, 0.29) is 6.61 Å². The van der Waals surface area contributed by atoms with Crippen molar-refractivity contribution >= 4 is 17.4 Å². The van der Waals surface area contributed by atoms with Crippen LogP contribution in [-0.4, -0.2) is 48.0 Å². The summed E-state index contributed by atoms with van der Waals surface area (Å²) in [4.78, 5) is 10.7. The lowest BCUT2D eigenvalue weighted by molar-refractivity contribution is 0.122. The predicted octanol–water partition coefficient (Wildman–Crippen LogP) is 0.891. The van der Waals surface area contributed by atoms with Crippen molar-refractivity contribution < 1.29 is 9.84 Å². The van der Waals surface area contributed by atoms with E-state index >= 15 is 0 Å². The zero-order chi connectivity index (χ0) is 12.1. The summed E-state index contributed by atoms with van der Waals surface area (Å²) in [5.74, 6) is 1.54. The highest BCUT2D eigenvalue weighted by Gasteiger charge is 2.14. The second-order valence-electron chi connectivity index (χ2n) is 3.89. The summed E-state index contributed by atoms with van der Waals surface area (Å²) in [6.07, 6.45) is 1.30. The lowest BCUT2D eigenvalue weighted by Gasteiger charge is -2.28. The van der Waals surface area contributed by atoms with Gasteiger partial charge < -0.3 is 14.7 Å². The molecule has 1 aliphatic heterocycles. The molecule has 2 rings (SSSR count). The van der Waals surface area contributed by atoms with E-state index < -0.39 is 0 Å². The Balaban J connectivity index is 2.12. The van der Waals surface area contributed by atoms with E-state index in [1.807, 2.05) is 0 Å². The molecule has 17 heavy (non-hydrogen) atoms. The highest BCUT2D eigenvalue weighted by atomic mass is 35.5. The number of rotatable bonds is 4. The van der Waals surface area contributed by atoms with Crippen molar-refractivity contribution in [2.24, 2.45) is 0 Å². The summed E-state index contributed by atoms with van der Waals surface area (Å²) in [7, 11) is 0. The summed E-state index contributed by atoms with van der Waals surface area (Å²) in [6.45, 7) is 3.23. The van der Waals surface area contributed by atoms with Gasteiger partial charge in [-0.15, -0.1) is 0 Å². The Morgan fingerprint density at radius 3 is 2.82 bits per heavy atom. The fraction of sp³-hybridized carbons (Fsp3) is 0.636. The van der Waals surface area contributed by atoms with E-state index in [0.717, 1.165) is 18.9 Å². The number of hydrogen-bond acceptors (Lipinski definition) is 5. The number of nitrogens with zero attached hydrogens (tertiary/aromatic N) is 3. The molecule has 94 valence electrons. The van der Waals surface area contributed by atoms with Crippen LogP contribution in [0.15, 0.2) is 6.07 Å². The van der Waals surface area contributed by atoms with E-state index in [2.05, 4.69) is 14.9 Å². The number of anilines is 1. The van der Waals surface area contributed by atoms with Crippen LogP contribution in [0.5, 0.6) is 0 Å². The topological polar surface area (TPSA) is 58.5 Å². The van der Waals surface area contributed by atoms with Gasteiger partial charge in [-0.05, 0) is 6.42 Å². The Labute approximate surface area is 105 Å². The van der Waals surface area contributed by atoms with Gasteiger partial charge in [-0.1, -0.05) is 11.6 Å². The van der Waals surface area contributed by atoms with Crippen molar-refractivity contribution in [1.82, 2.24) is 9.97 Å². The highest BCUT2D eigenvalue weighted by Crippen LogP contribution is 2.17. The molecule has 0 aliphatic carbocycles. The first kappa shape index (κ1) is 12.5. The van der Waals surface area contributed by atoms with Crippen molar-refractivity contribution in [2.45, 2.75) is 12.8 Å². The van der Waals surface area contributed by atoms with Gasteiger partial charge in [0.2, 0.25) is 0 Å². The number of ether oxygens (including phenoxy) is 1. The third-order valence-electron chi connectivity index (χ3n) is 2.62. The summed E-state index contributed by atoms with van der Waals surface area (Å²) < 4.78 is 5.30. The molecular formula is C11H16ClN3O2. The zero-order valence-electron chi connectivity index (χ0n) is 9.60. The molecule has 1 N–H and O–H groups in total. The Morgan fingerprint density at radius 1 is 1.35 bits per heavy atom. The summed E-state index contributed by atoms with van der Waals surface area (Å²) in [5, 5.41) is 9.25. The van der Waals surface area contributed by atoms with E-state index in [9.17, 15) is 0 Å². The standard InChI is InChI=1S/C11H16ClN3O2/c12-9-8-11(15-3-6-17-7-4-15)14-10(13-9)2-1-5-16/h8,16H,1-7H2. The maximum Gasteiger partial charge on any atom is 0.134 e.